The summed E-state index contributed by atoms with van der Waals surface area (Å²) in [7, 11) is 3.04. The normalized spacial score (nSPS) is 15.3. The van der Waals surface area contributed by atoms with Crippen LogP contribution >= 0.6 is 11.8 Å². The second kappa shape index (κ2) is 11.6. The molecule has 0 spiro atoms. The van der Waals surface area contributed by atoms with E-state index in [4.69, 9.17) is 14.2 Å². The molecule has 1 fully saturated rings. The summed E-state index contributed by atoms with van der Waals surface area (Å²) in [6, 6.07) is 19.4. The molecule has 190 valence electrons. The van der Waals surface area contributed by atoms with Crippen molar-refractivity contribution in [2.24, 2.45) is 4.99 Å². The number of ether oxygens (including phenoxy) is 3. The number of nitro groups is 1. The fraction of sp³-hybridized carbons (Fsp3) is 0.185. The second-order valence-electron chi connectivity index (χ2n) is 7.85. The van der Waals surface area contributed by atoms with Gasteiger partial charge in [-0.1, -0.05) is 30.3 Å². The Bertz CT molecular complexity index is 1360. The minimum Gasteiger partial charge on any atom is -0.497 e. The van der Waals surface area contributed by atoms with Crippen LogP contribution in [0.3, 0.4) is 0 Å². The van der Waals surface area contributed by atoms with Crippen molar-refractivity contribution in [2.45, 2.75) is 13.5 Å². The fourth-order valence-corrected chi connectivity index (χ4v) is 4.68. The Hall–Kier alpha value is -4.31. The predicted octanol–water partition coefficient (Wildman–Crippen LogP) is 5.81. The van der Waals surface area contributed by atoms with E-state index >= 15 is 0 Å². The zero-order valence-corrected chi connectivity index (χ0v) is 21.4. The Morgan fingerprint density at radius 3 is 2.38 bits per heavy atom. The topological polar surface area (TPSA) is 104 Å². The first kappa shape index (κ1) is 25.8. The third-order valence-electron chi connectivity index (χ3n) is 5.53. The van der Waals surface area contributed by atoms with E-state index in [1.807, 2.05) is 37.3 Å². The molecule has 0 saturated carbocycles. The van der Waals surface area contributed by atoms with Gasteiger partial charge in [-0.15, -0.1) is 0 Å². The Balaban J connectivity index is 1.66. The van der Waals surface area contributed by atoms with Crippen LogP contribution in [0.5, 0.6) is 17.2 Å². The standard InChI is InChI=1S/C27H25N3O6S/c1-4-29-26(31)25(37-27(29)28-20-10-12-21(34-2)13-11-20)15-19-14-23(35-3)24(16-22(19)30(32)33)36-17-18-8-6-5-7-9-18/h5-16H,4,17H2,1-3H3/b25-15+,28-27?. The first-order valence-corrected chi connectivity index (χ1v) is 12.2. The van der Waals surface area contributed by atoms with Crippen LogP contribution in [0.4, 0.5) is 11.4 Å². The van der Waals surface area contributed by atoms with Crippen molar-refractivity contribution in [1.29, 1.82) is 0 Å². The van der Waals surface area contributed by atoms with Gasteiger partial charge in [-0.05, 0) is 60.7 Å². The summed E-state index contributed by atoms with van der Waals surface area (Å²) < 4.78 is 16.5. The number of hydrogen-bond donors (Lipinski definition) is 0. The molecule has 0 aromatic heterocycles. The second-order valence-corrected chi connectivity index (χ2v) is 8.85. The van der Waals surface area contributed by atoms with Crippen molar-refractivity contribution in [2.75, 3.05) is 20.8 Å². The molecule has 10 heteroatoms. The number of benzene rings is 3. The largest absolute Gasteiger partial charge is 0.497 e. The van der Waals surface area contributed by atoms with Crippen molar-refractivity contribution in [3.63, 3.8) is 0 Å². The van der Waals surface area contributed by atoms with E-state index in [9.17, 15) is 14.9 Å². The van der Waals surface area contributed by atoms with Crippen molar-refractivity contribution >= 4 is 40.3 Å². The van der Waals surface area contributed by atoms with Gasteiger partial charge in [-0.3, -0.25) is 19.8 Å². The number of carbonyl (C=O) groups excluding carboxylic acids is 1. The average Bonchev–Trinajstić information content (AvgIpc) is 3.21. The molecule has 4 rings (SSSR count). The minimum atomic E-state index is -0.505. The molecule has 0 bridgehead atoms. The highest BCUT2D eigenvalue weighted by atomic mass is 32.2. The Morgan fingerprint density at radius 1 is 1.03 bits per heavy atom. The molecule has 0 radical (unpaired) electrons. The molecule has 37 heavy (non-hydrogen) atoms. The van der Waals surface area contributed by atoms with E-state index < -0.39 is 4.92 Å². The summed E-state index contributed by atoms with van der Waals surface area (Å²) >= 11 is 1.16. The number of nitrogens with zero attached hydrogens (tertiary/aromatic N) is 3. The maximum atomic E-state index is 13.1. The molecule has 3 aromatic carbocycles. The van der Waals surface area contributed by atoms with Crippen molar-refractivity contribution in [1.82, 2.24) is 4.90 Å². The molecule has 3 aromatic rings. The number of aliphatic imine (C=N–C) groups is 1. The van der Waals surface area contributed by atoms with E-state index in [-0.39, 0.29) is 29.5 Å². The Morgan fingerprint density at radius 2 is 1.76 bits per heavy atom. The van der Waals surface area contributed by atoms with Gasteiger partial charge in [0.1, 0.15) is 12.4 Å². The number of nitro benzene ring substituents is 1. The number of likely N-dealkylation sites (N-methyl/N-ethyl adjacent to an activating group) is 1. The first-order chi connectivity index (χ1) is 17.9. The quantitative estimate of drug-likeness (QED) is 0.199. The van der Waals surface area contributed by atoms with E-state index in [1.165, 1.54) is 30.2 Å². The lowest BCUT2D eigenvalue weighted by Gasteiger charge is -2.12. The van der Waals surface area contributed by atoms with Crippen LogP contribution in [-0.2, 0) is 11.4 Å². The number of methoxy groups -OCH3 is 2. The van der Waals surface area contributed by atoms with Gasteiger partial charge in [0.05, 0.1) is 41.4 Å². The van der Waals surface area contributed by atoms with Crippen molar-refractivity contribution < 1.29 is 23.9 Å². The van der Waals surface area contributed by atoms with E-state index in [1.54, 1.807) is 31.4 Å². The highest BCUT2D eigenvalue weighted by Gasteiger charge is 2.33. The summed E-state index contributed by atoms with van der Waals surface area (Å²) in [5.74, 6) is 0.979. The van der Waals surface area contributed by atoms with E-state index in [0.29, 0.717) is 33.8 Å². The van der Waals surface area contributed by atoms with Gasteiger partial charge < -0.3 is 14.2 Å². The highest BCUT2D eigenvalue weighted by molar-refractivity contribution is 8.18. The van der Waals surface area contributed by atoms with Gasteiger partial charge in [-0.25, -0.2) is 4.99 Å². The summed E-state index contributed by atoms with van der Waals surface area (Å²) in [4.78, 5) is 31.0. The Labute approximate surface area is 218 Å². The molecular formula is C27H25N3O6S. The number of amidine groups is 1. The molecule has 1 amide bonds. The summed E-state index contributed by atoms with van der Waals surface area (Å²) in [5, 5.41) is 12.4. The number of rotatable bonds is 9. The van der Waals surface area contributed by atoms with Crippen LogP contribution in [0, 0.1) is 10.1 Å². The monoisotopic (exact) mass is 519 g/mol. The van der Waals surface area contributed by atoms with Crippen LogP contribution in [-0.4, -0.2) is 41.7 Å². The third-order valence-corrected chi connectivity index (χ3v) is 6.54. The highest BCUT2D eigenvalue weighted by Crippen LogP contribution is 2.39. The van der Waals surface area contributed by atoms with Crippen LogP contribution < -0.4 is 14.2 Å². The smallest absolute Gasteiger partial charge is 0.280 e. The molecule has 0 aliphatic carbocycles. The molecule has 0 unspecified atom stereocenters. The average molecular weight is 520 g/mol. The summed E-state index contributed by atoms with van der Waals surface area (Å²) in [5.41, 5.74) is 1.60. The fourth-order valence-electron chi connectivity index (χ4n) is 3.62. The summed E-state index contributed by atoms with van der Waals surface area (Å²) in [6.07, 6.45) is 1.49. The molecule has 1 aliphatic rings. The van der Waals surface area contributed by atoms with Gasteiger partial charge in [-0.2, -0.15) is 0 Å². The Kier molecular flexibility index (Phi) is 8.09. The van der Waals surface area contributed by atoms with Crippen LogP contribution in [0.15, 0.2) is 76.6 Å². The molecule has 1 heterocycles. The van der Waals surface area contributed by atoms with Gasteiger partial charge >= 0.3 is 0 Å². The van der Waals surface area contributed by atoms with Gasteiger partial charge in [0.15, 0.2) is 16.7 Å². The lowest BCUT2D eigenvalue weighted by molar-refractivity contribution is -0.385. The van der Waals surface area contributed by atoms with Crippen molar-refractivity contribution in [3.05, 3.63) is 92.9 Å². The maximum absolute atomic E-state index is 13.1. The SMILES string of the molecule is CCN1C(=O)/C(=C\c2cc(OC)c(OCc3ccccc3)cc2[N+](=O)[O-])SC1=Nc1ccc(OC)cc1. The van der Waals surface area contributed by atoms with Crippen LogP contribution in [0.2, 0.25) is 0 Å². The van der Waals surface area contributed by atoms with Gasteiger partial charge in [0.2, 0.25) is 0 Å². The number of carbonyl (C=O) groups is 1. The van der Waals surface area contributed by atoms with E-state index in [2.05, 4.69) is 4.99 Å². The zero-order chi connectivity index (χ0) is 26.4. The van der Waals surface area contributed by atoms with Crippen LogP contribution in [0.25, 0.3) is 6.08 Å². The molecule has 1 aliphatic heterocycles. The molecule has 1 saturated heterocycles. The molecular weight excluding hydrogens is 494 g/mol. The minimum absolute atomic E-state index is 0.201. The lowest BCUT2D eigenvalue weighted by atomic mass is 10.1. The number of hydrogen-bond acceptors (Lipinski definition) is 8. The summed E-state index contributed by atoms with van der Waals surface area (Å²) in [6.45, 7) is 2.46. The molecule has 0 N–H and O–H groups in total. The van der Waals surface area contributed by atoms with Crippen LogP contribution in [0.1, 0.15) is 18.1 Å². The van der Waals surface area contributed by atoms with Crippen molar-refractivity contribution in [3.8, 4) is 17.2 Å². The zero-order valence-electron chi connectivity index (χ0n) is 20.5. The molecule has 9 nitrogen and oxygen atoms in total. The maximum Gasteiger partial charge on any atom is 0.280 e. The van der Waals surface area contributed by atoms with Gasteiger partial charge in [0, 0.05) is 6.54 Å². The first-order valence-electron chi connectivity index (χ1n) is 11.4. The third kappa shape index (κ3) is 5.92. The number of thioether (sulfide) groups is 1. The molecule has 0 atom stereocenters. The lowest BCUT2D eigenvalue weighted by Crippen LogP contribution is -2.28. The number of amides is 1. The van der Waals surface area contributed by atoms with E-state index in [0.717, 1.165) is 17.3 Å². The predicted molar refractivity (Wildman–Crippen MR) is 143 cm³/mol. The van der Waals surface area contributed by atoms with Gasteiger partial charge in [0.25, 0.3) is 11.6 Å².